The zero-order valence-corrected chi connectivity index (χ0v) is 16.0. The molecule has 4 heterocycles. The van der Waals surface area contributed by atoms with E-state index in [1.165, 1.54) is 12.8 Å². The molecule has 7 nitrogen and oxygen atoms in total. The Hall–Kier alpha value is -2.80. The molecule has 144 valence electrons. The van der Waals surface area contributed by atoms with Crippen LogP contribution in [0.25, 0.3) is 22.2 Å². The van der Waals surface area contributed by atoms with E-state index in [2.05, 4.69) is 20.3 Å². The summed E-state index contributed by atoms with van der Waals surface area (Å²) in [4.78, 5) is 24.3. The Bertz CT molecular complexity index is 1020. The number of aryl methyl sites for hydroxylation is 1. The molecule has 0 radical (unpaired) electrons. The van der Waals surface area contributed by atoms with Crippen molar-refractivity contribution < 1.29 is 4.79 Å². The van der Waals surface area contributed by atoms with E-state index in [1.807, 2.05) is 31.4 Å². The van der Waals surface area contributed by atoms with Crippen LogP contribution in [0.2, 0.25) is 0 Å². The van der Waals surface area contributed by atoms with E-state index in [4.69, 9.17) is 4.98 Å². The standard InChI is InChI=1S/C21H24N6O/c1-26-13-16(12-23-26)18-5-2-15-11-22-20(10-19(15)24-18)25-21(28)14-6-8-27(9-7-14)17-3-4-17/h2,5,10-14,17H,3-4,6-9H2,1H3,(H,22,25,28). The van der Waals surface area contributed by atoms with Gasteiger partial charge in [0.2, 0.25) is 5.91 Å². The lowest BCUT2D eigenvalue weighted by Gasteiger charge is -2.31. The molecule has 3 aromatic heterocycles. The molecule has 3 aromatic rings. The predicted molar refractivity (Wildman–Crippen MR) is 108 cm³/mol. The van der Waals surface area contributed by atoms with Crippen molar-refractivity contribution in [2.24, 2.45) is 13.0 Å². The van der Waals surface area contributed by atoms with Gasteiger partial charge in [0.05, 0.1) is 17.4 Å². The first-order valence-electron chi connectivity index (χ1n) is 9.96. The summed E-state index contributed by atoms with van der Waals surface area (Å²) in [5.74, 6) is 0.714. The van der Waals surface area contributed by atoms with E-state index in [0.717, 1.165) is 54.1 Å². The van der Waals surface area contributed by atoms with Crippen molar-refractivity contribution in [3.8, 4) is 11.3 Å². The second-order valence-corrected chi connectivity index (χ2v) is 7.89. The highest BCUT2D eigenvalue weighted by Gasteiger charge is 2.33. The number of carbonyl (C=O) groups excluding carboxylic acids is 1. The normalized spacial score (nSPS) is 18.5. The van der Waals surface area contributed by atoms with Gasteiger partial charge in [-0.2, -0.15) is 5.10 Å². The van der Waals surface area contributed by atoms with Crippen LogP contribution < -0.4 is 5.32 Å². The maximum absolute atomic E-state index is 12.7. The lowest BCUT2D eigenvalue weighted by Crippen LogP contribution is -2.39. The number of likely N-dealkylation sites (tertiary alicyclic amines) is 1. The summed E-state index contributed by atoms with van der Waals surface area (Å²) >= 11 is 0. The minimum Gasteiger partial charge on any atom is -0.310 e. The second-order valence-electron chi connectivity index (χ2n) is 7.89. The Morgan fingerprint density at radius 3 is 2.68 bits per heavy atom. The molecule has 0 aromatic carbocycles. The van der Waals surface area contributed by atoms with Crippen LogP contribution in [-0.2, 0) is 11.8 Å². The number of anilines is 1. The number of rotatable bonds is 4. The summed E-state index contributed by atoms with van der Waals surface area (Å²) in [6.07, 6.45) is 10.0. The van der Waals surface area contributed by atoms with Crippen LogP contribution in [-0.4, -0.2) is 49.7 Å². The number of amides is 1. The molecule has 1 saturated heterocycles. The van der Waals surface area contributed by atoms with Gasteiger partial charge >= 0.3 is 0 Å². The maximum atomic E-state index is 12.7. The predicted octanol–water partition coefficient (Wildman–Crippen LogP) is 2.84. The van der Waals surface area contributed by atoms with Gasteiger partial charge in [0.1, 0.15) is 5.82 Å². The molecule has 0 atom stereocenters. The molecular formula is C21H24N6O. The smallest absolute Gasteiger partial charge is 0.228 e. The van der Waals surface area contributed by atoms with E-state index in [0.29, 0.717) is 5.82 Å². The molecule has 1 N–H and O–H groups in total. The number of piperidine rings is 1. The van der Waals surface area contributed by atoms with E-state index in [1.54, 1.807) is 17.1 Å². The highest BCUT2D eigenvalue weighted by atomic mass is 16.1. The molecule has 7 heteroatoms. The van der Waals surface area contributed by atoms with Crippen molar-refractivity contribution >= 4 is 22.6 Å². The molecule has 1 amide bonds. The molecule has 0 unspecified atom stereocenters. The average molecular weight is 376 g/mol. The fourth-order valence-electron chi connectivity index (χ4n) is 3.99. The quantitative estimate of drug-likeness (QED) is 0.758. The van der Waals surface area contributed by atoms with Crippen molar-refractivity contribution in [1.82, 2.24) is 24.6 Å². The monoisotopic (exact) mass is 376 g/mol. The third-order valence-electron chi connectivity index (χ3n) is 5.79. The Morgan fingerprint density at radius 2 is 1.96 bits per heavy atom. The minimum atomic E-state index is 0.0715. The fraction of sp³-hybridized carbons (Fsp3) is 0.429. The number of nitrogens with one attached hydrogen (secondary N) is 1. The molecule has 2 fully saturated rings. The molecule has 0 spiro atoms. The van der Waals surface area contributed by atoms with Crippen molar-refractivity contribution in [2.75, 3.05) is 18.4 Å². The number of hydrogen-bond acceptors (Lipinski definition) is 5. The summed E-state index contributed by atoms with van der Waals surface area (Å²) in [5, 5.41) is 8.15. The first-order chi connectivity index (χ1) is 13.7. The average Bonchev–Trinajstić information content (AvgIpc) is 3.48. The number of fused-ring (bicyclic) bond motifs is 1. The van der Waals surface area contributed by atoms with Crippen molar-refractivity contribution in [3.63, 3.8) is 0 Å². The zero-order chi connectivity index (χ0) is 19.1. The van der Waals surface area contributed by atoms with E-state index >= 15 is 0 Å². The van der Waals surface area contributed by atoms with Gasteiger partial charge < -0.3 is 10.2 Å². The van der Waals surface area contributed by atoms with Gasteiger partial charge in [0, 0.05) is 48.4 Å². The zero-order valence-electron chi connectivity index (χ0n) is 16.0. The highest BCUT2D eigenvalue weighted by Crippen LogP contribution is 2.31. The van der Waals surface area contributed by atoms with Gasteiger partial charge in [-0.1, -0.05) is 0 Å². The number of nitrogens with zero attached hydrogens (tertiary/aromatic N) is 5. The van der Waals surface area contributed by atoms with Crippen molar-refractivity contribution in [3.05, 3.63) is 36.8 Å². The Labute approximate surface area is 163 Å². The Balaban J connectivity index is 1.30. The summed E-state index contributed by atoms with van der Waals surface area (Å²) < 4.78 is 1.76. The SMILES string of the molecule is Cn1cc(-c2ccc3cnc(NC(=O)C4CCN(C5CC5)CC4)cc3n2)cn1. The number of carbonyl (C=O) groups is 1. The lowest BCUT2D eigenvalue weighted by molar-refractivity contribution is -0.121. The lowest BCUT2D eigenvalue weighted by atomic mass is 9.96. The van der Waals surface area contributed by atoms with Crippen LogP contribution in [0.1, 0.15) is 25.7 Å². The van der Waals surface area contributed by atoms with Crippen LogP contribution in [0, 0.1) is 5.92 Å². The third-order valence-corrected chi connectivity index (χ3v) is 5.79. The highest BCUT2D eigenvalue weighted by molar-refractivity contribution is 5.93. The summed E-state index contributed by atoms with van der Waals surface area (Å²) in [6, 6.07) is 6.60. The number of aromatic nitrogens is 4. The Morgan fingerprint density at radius 1 is 1.14 bits per heavy atom. The summed E-state index contributed by atoms with van der Waals surface area (Å²) in [5.41, 5.74) is 2.64. The topological polar surface area (TPSA) is 75.9 Å². The van der Waals surface area contributed by atoms with Crippen LogP contribution in [0.3, 0.4) is 0 Å². The molecule has 5 rings (SSSR count). The van der Waals surface area contributed by atoms with Crippen LogP contribution in [0.4, 0.5) is 5.82 Å². The van der Waals surface area contributed by atoms with Gasteiger partial charge in [-0.3, -0.25) is 9.48 Å². The van der Waals surface area contributed by atoms with Gasteiger partial charge in [0.25, 0.3) is 0 Å². The third kappa shape index (κ3) is 3.49. The first-order valence-corrected chi connectivity index (χ1v) is 9.96. The van der Waals surface area contributed by atoms with Crippen LogP contribution in [0.15, 0.2) is 36.8 Å². The molecular weight excluding hydrogens is 352 g/mol. The molecule has 2 aliphatic rings. The van der Waals surface area contributed by atoms with Crippen LogP contribution >= 0.6 is 0 Å². The second kappa shape index (κ2) is 6.98. The molecule has 0 bridgehead atoms. The molecule has 28 heavy (non-hydrogen) atoms. The van der Waals surface area contributed by atoms with Gasteiger partial charge in [0.15, 0.2) is 0 Å². The van der Waals surface area contributed by atoms with Gasteiger partial charge in [-0.05, 0) is 50.9 Å². The van der Waals surface area contributed by atoms with E-state index in [9.17, 15) is 4.79 Å². The van der Waals surface area contributed by atoms with Gasteiger partial charge in [-0.15, -0.1) is 0 Å². The number of hydrogen-bond donors (Lipinski definition) is 1. The van der Waals surface area contributed by atoms with E-state index in [-0.39, 0.29) is 11.8 Å². The number of pyridine rings is 2. The molecule has 1 aliphatic carbocycles. The maximum Gasteiger partial charge on any atom is 0.228 e. The molecule has 1 aliphatic heterocycles. The fourth-order valence-corrected chi connectivity index (χ4v) is 3.99. The Kier molecular flexibility index (Phi) is 4.31. The first kappa shape index (κ1) is 17.3. The minimum absolute atomic E-state index is 0.0715. The van der Waals surface area contributed by atoms with Crippen molar-refractivity contribution in [1.29, 1.82) is 0 Å². The summed E-state index contributed by atoms with van der Waals surface area (Å²) in [7, 11) is 1.89. The molecule has 1 saturated carbocycles. The van der Waals surface area contributed by atoms with Crippen molar-refractivity contribution in [2.45, 2.75) is 31.7 Å². The summed E-state index contributed by atoms with van der Waals surface area (Å²) in [6.45, 7) is 2.06. The van der Waals surface area contributed by atoms with Crippen LogP contribution in [0.5, 0.6) is 0 Å². The van der Waals surface area contributed by atoms with Gasteiger partial charge in [-0.25, -0.2) is 9.97 Å². The van der Waals surface area contributed by atoms with E-state index < -0.39 is 0 Å². The largest absolute Gasteiger partial charge is 0.310 e.